The van der Waals surface area contributed by atoms with Crippen LogP contribution in [0.15, 0.2) is 211 Å². The topological polar surface area (TPSA) is 141 Å². The maximum atomic E-state index is 7.11. The van der Waals surface area contributed by atoms with Gasteiger partial charge in [0.2, 0.25) is 0 Å². The van der Waals surface area contributed by atoms with Gasteiger partial charge in [0.1, 0.15) is 65.7 Å². The van der Waals surface area contributed by atoms with E-state index in [1.54, 1.807) is 18.9 Å². The van der Waals surface area contributed by atoms with Crippen LogP contribution in [0, 0.1) is 0 Å². The molecule has 0 N–H and O–H groups in total. The van der Waals surface area contributed by atoms with Crippen LogP contribution in [0.1, 0.15) is 58.5 Å². The molecular formula is C68H73N3O12S. The second-order valence-corrected chi connectivity index (χ2v) is 22.7. The van der Waals surface area contributed by atoms with Gasteiger partial charge in [-0.3, -0.25) is 0 Å². The van der Waals surface area contributed by atoms with Crippen molar-refractivity contribution in [2.75, 3.05) is 20.3 Å². The number of aromatic nitrogens is 3. The Kier molecular flexibility index (Phi) is 20.7. The van der Waals surface area contributed by atoms with Crippen molar-refractivity contribution in [3.63, 3.8) is 0 Å². The van der Waals surface area contributed by atoms with Crippen molar-refractivity contribution in [2.24, 2.45) is 0 Å². The van der Waals surface area contributed by atoms with Crippen LogP contribution in [0.3, 0.4) is 0 Å². The third-order valence-corrected chi connectivity index (χ3v) is 16.0. The fourth-order valence-corrected chi connectivity index (χ4v) is 11.8. The van der Waals surface area contributed by atoms with Crippen LogP contribution in [0.4, 0.5) is 0 Å². The lowest BCUT2D eigenvalue weighted by atomic mass is 9.99. The van der Waals surface area contributed by atoms with Gasteiger partial charge in [0.15, 0.2) is 12.1 Å². The van der Waals surface area contributed by atoms with Gasteiger partial charge in [0, 0.05) is 4.90 Å². The van der Waals surface area contributed by atoms with Gasteiger partial charge in [-0.25, -0.2) is 4.68 Å². The first-order valence-electron chi connectivity index (χ1n) is 28.7. The van der Waals surface area contributed by atoms with Crippen molar-refractivity contribution in [3.8, 4) is 5.75 Å². The second kappa shape index (κ2) is 29.5. The lowest BCUT2D eigenvalue weighted by Gasteiger charge is -2.46. The largest absolute Gasteiger partial charge is 0.497 e. The van der Waals surface area contributed by atoms with Crippen LogP contribution in [-0.2, 0) is 105 Å². The third kappa shape index (κ3) is 16.2. The smallest absolute Gasteiger partial charge is 0.190 e. The Bertz CT molecular complexity index is 3200. The molecule has 0 aliphatic carbocycles. The zero-order valence-corrected chi connectivity index (χ0v) is 48.4. The van der Waals surface area contributed by atoms with Gasteiger partial charge in [-0.1, -0.05) is 193 Å². The molecule has 84 heavy (non-hydrogen) atoms. The molecule has 0 bridgehead atoms. The Morgan fingerprint density at radius 2 is 1.06 bits per heavy atom. The number of hydrogen-bond acceptors (Lipinski definition) is 15. The van der Waals surface area contributed by atoms with Gasteiger partial charge in [0.25, 0.3) is 0 Å². The molecule has 0 radical (unpaired) electrons. The Labute approximate surface area is 496 Å². The van der Waals surface area contributed by atoms with Gasteiger partial charge in [-0.05, 0) is 77.1 Å². The monoisotopic (exact) mass is 1160 g/mol. The number of rotatable bonds is 29. The number of methoxy groups -OCH3 is 1. The average molecular weight is 1160 g/mol. The number of thioether (sulfide) groups is 1. The van der Waals surface area contributed by atoms with E-state index in [4.69, 9.17) is 56.8 Å². The fourth-order valence-electron chi connectivity index (χ4n) is 10.6. The lowest BCUT2D eigenvalue weighted by molar-refractivity contribution is -0.254. The quantitative estimate of drug-likeness (QED) is 0.0439. The van der Waals surface area contributed by atoms with Crippen molar-refractivity contribution in [1.29, 1.82) is 0 Å². The first-order valence-corrected chi connectivity index (χ1v) is 29.5. The predicted octanol–water partition coefficient (Wildman–Crippen LogP) is 11.7. The van der Waals surface area contributed by atoms with Crippen LogP contribution < -0.4 is 4.74 Å². The van der Waals surface area contributed by atoms with Crippen molar-refractivity contribution in [2.45, 2.75) is 138 Å². The van der Waals surface area contributed by atoms with Crippen molar-refractivity contribution >= 4 is 11.8 Å². The first kappa shape index (κ1) is 59.1. The molecule has 3 saturated heterocycles. The highest BCUT2D eigenvalue weighted by atomic mass is 32.2. The molecule has 0 spiro atoms. The van der Waals surface area contributed by atoms with Crippen LogP contribution >= 0.6 is 11.8 Å². The van der Waals surface area contributed by atoms with E-state index in [0.29, 0.717) is 45.3 Å². The standard InChI is InChI=1S/C68H73N3O12S/c1-68(2)82-64-63(78-43-51-27-15-7-16-28-51)61(81-66(64)83-68)58(46-73-40-52-33-35-56(72-3)36-34-52)75-44-54-30-20-19-29-53(54)37-71-38-55(69-70-71)45-79-65-62(77-42-50-25-13-6-14-26-50)60(76-41-49-23-11-5-12-24-49)59(47-74-39-48-21-9-4-10-22-48)80-67(65)84-57-31-17-8-18-32-57/h4-36,38,58-67H,37,39-47H2,1-3H3/t58-,59-,60-,61-,62+,63+,64-,65-,66-,67+/m1/s1. The van der Waals surface area contributed by atoms with E-state index in [1.807, 2.05) is 164 Å². The summed E-state index contributed by atoms with van der Waals surface area (Å²) in [6.07, 6.45) is -3.24. The van der Waals surface area contributed by atoms with Crippen molar-refractivity contribution in [1.82, 2.24) is 15.0 Å². The summed E-state index contributed by atoms with van der Waals surface area (Å²) < 4.78 is 81.2. The summed E-state index contributed by atoms with van der Waals surface area (Å²) in [6, 6.07) is 66.7. The molecule has 10 atom stereocenters. The summed E-state index contributed by atoms with van der Waals surface area (Å²) in [6.45, 7) is 6.79. The van der Waals surface area contributed by atoms with Crippen molar-refractivity contribution in [3.05, 3.63) is 251 Å². The lowest BCUT2D eigenvalue weighted by Crippen LogP contribution is -2.60. The summed E-state index contributed by atoms with van der Waals surface area (Å²) >= 11 is 1.59. The second-order valence-electron chi connectivity index (χ2n) is 21.5. The van der Waals surface area contributed by atoms with E-state index >= 15 is 0 Å². The molecule has 1 aromatic heterocycles. The van der Waals surface area contributed by atoms with E-state index in [0.717, 1.165) is 49.6 Å². The molecule has 15 nitrogen and oxygen atoms in total. The Balaban J connectivity index is 0.815. The minimum Gasteiger partial charge on any atom is -0.497 e. The van der Waals surface area contributed by atoms with Crippen molar-refractivity contribution < 1.29 is 56.8 Å². The number of hydrogen-bond donors (Lipinski definition) is 0. The number of ether oxygens (including phenoxy) is 12. The summed E-state index contributed by atoms with van der Waals surface area (Å²) in [7, 11) is 1.65. The molecule has 3 aliphatic rings. The van der Waals surface area contributed by atoms with E-state index in [9.17, 15) is 0 Å². The van der Waals surface area contributed by atoms with E-state index in [2.05, 4.69) is 71.0 Å². The molecule has 7 aromatic carbocycles. The molecule has 0 unspecified atom stereocenters. The zero-order chi connectivity index (χ0) is 57.3. The predicted molar refractivity (Wildman–Crippen MR) is 316 cm³/mol. The van der Waals surface area contributed by atoms with E-state index in [1.165, 1.54) is 0 Å². The van der Waals surface area contributed by atoms with E-state index in [-0.39, 0.29) is 26.4 Å². The third-order valence-electron chi connectivity index (χ3n) is 14.9. The highest BCUT2D eigenvalue weighted by Gasteiger charge is 2.57. The number of fused-ring (bicyclic) bond motifs is 1. The Hall–Kier alpha value is -6.61. The van der Waals surface area contributed by atoms with Gasteiger partial charge in [-0.2, -0.15) is 0 Å². The Morgan fingerprint density at radius 1 is 0.524 bits per heavy atom. The molecule has 4 heterocycles. The number of nitrogens with zero attached hydrogens (tertiary/aromatic N) is 3. The van der Waals surface area contributed by atoms with E-state index < -0.39 is 66.3 Å². The molecule has 8 aromatic rings. The first-order chi connectivity index (χ1) is 41.3. The molecular weight excluding hydrogens is 1080 g/mol. The maximum absolute atomic E-state index is 7.11. The Morgan fingerprint density at radius 3 is 1.69 bits per heavy atom. The summed E-state index contributed by atoms with van der Waals surface area (Å²) in [5.41, 5.74) is 7.20. The number of benzene rings is 7. The molecule has 0 saturated carbocycles. The zero-order valence-electron chi connectivity index (χ0n) is 47.6. The minimum absolute atomic E-state index is 0.121. The normalized spacial score (nSPS) is 23.1. The average Bonchev–Trinajstić information content (AvgIpc) is 4.41. The van der Waals surface area contributed by atoms with Crippen LogP contribution in [0.2, 0.25) is 0 Å². The van der Waals surface area contributed by atoms with Gasteiger partial charge in [-0.15, -0.1) is 5.10 Å². The highest BCUT2D eigenvalue weighted by molar-refractivity contribution is 7.99. The van der Waals surface area contributed by atoms with Gasteiger partial charge < -0.3 is 56.8 Å². The van der Waals surface area contributed by atoms with Gasteiger partial charge >= 0.3 is 0 Å². The fraction of sp³-hybridized carbons (Fsp3) is 0.353. The molecule has 3 fully saturated rings. The molecule has 11 rings (SSSR count). The summed E-state index contributed by atoms with van der Waals surface area (Å²) in [4.78, 5) is 1.02. The molecule has 0 amide bonds. The molecule has 16 heteroatoms. The highest BCUT2D eigenvalue weighted by Crippen LogP contribution is 2.42. The summed E-state index contributed by atoms with van der Waals surface area (Å²) in [5, 5.41) is 9.28. The summed E-state index contributed by atoms with van der Waals surface area (Å²) in [5.74, 6) is -0.0752. The van der Waals surface area contributed by atoms with Gasteiger partial charge in [0.05, 0.1) is 79.3 Å². The molecule has 438 valence electrons. The molecule has 3 aliphatic heterocycles. The SMILES string of the molecule is COc1ccc(COC[C@@H](OCc2ccccc2Cn2cc(CO[C@@H]3[C@@H](OCc4ccccc4)[C@H](OCc4ccccc4)[C@@H](COCc4ccccc4)O[C@H]3Sc3ccccc3)nn2)[C@H]2O[C@@H]3OC(C)(C)O[C@@H]3[C@H]2OCc2ccccc2)cc1. The van der Waals surface area contributed by atoms with Crippen LogP contribution in [0.25, 0.3) is 0 Å². The minimum atomic E-state index is -0.849. The van der Waals surface area contributed by atoms with Crippen LogP contribution in [-0.4, -0.2) is 102 Å². The van der Waals surface area contributed by atoms with Crippen LogP contribution in [0.5, 0.6) is 5.75 Å². The maximum Gasteiger partial charge on any atom is 0.190 e.